The Bertz CT molecular complexity index is 1030. The van der Waals surface area contributed by atoms with Crippen molar-refractivity contribution in [1.29, 1.82) is 5.41 Å². The van der Waals surface area contributed by atoms with Crippen LogP contribution in [0.25, 0.3) is 0 Å². The van der Waals surface area contributed by atoms with Gasteiger partial charge in [-0.2, -0.15) is 9.98 Å². The first-order valence-electron chi connectivity index (χ1n) is 9.69. The molecule has 0 saturated carbocycles. The Hall–Kier alpha value is -2.92. The molecule has 0 radical (unpaired) electrons. The molecule has 2 aromatic rings. The molecule has 14 heteroatoms. The molecule has 0 bridgehead atoms. The molecule has 0 atom stereocenters. The number of nitrogens with one attached hydrogen (secondary N) is 2. The Morgan fingerprint density at radius 2 is 1.29 bits per heavy atom. The monoisotopic (exact) mass is 546 g/mol. The molecule has 0 amide bonds. The highest BCUT2D eigenvalue weighted by molar-refractivity contribution is 6.31. The Morgan fingerprint density at radius 3 is 1.82 bits per heavy atom. The molecule has 10 nitrogen and oxygen atoms in total. The first kappa shape index (κ1) is 29.1. The zero-order chi connectivity index (χ0) is 23.1. The Labute approximate surface area is 220 Å². The van der Waals surface area contributed by atoms with Crippen LogP contribution in [0.15, 0.2) is 63.5 Å². The fourth-order valence-corrected chi connectivity index (χ4v) is 3.16. The number of benzene rings is 2. The maximum Gasteiger partial charge on any atom is 0.232 e. The average molecular weight is 548 g/mol. The fraction of sp³-hybridized carbons (Fsp3) is 0.200. The van der Waals surface area contributed by atoms with E-state index in [1.54, 1.807) is 53.4 Å². The number of aliphatic imine (C=N–C) groups is 3. The molecule has 1 heterocycles. The highest BCUT2D eigenvalue weighted by Crippen LogP contribution is 2.16. The lowest BCUT2D eigenvalue weighted by Crippen LogP contribution is -2.52. The van der Waals surface area contributed by atoms with Gasteiger partial charge in [0.25, 0.3) is 0 Å². The molecule has 8 N–H and O–H groups in total. The van der Waals surface area contributed by atoms with Gasteiger partial charge in [0.1, 0.15) is 0 Å². The summed E-state index contributed by atoms with van der Waals surface area (Å²) in [4.78, 5) is 16.8. The Morgan fingerprint density at radius 1 is 0.794 bits per heavy atom. The van der Waals surface area contributed by atoms with Crippen molar-refractivity contribution in [3.63, 3.8) is 0 Å². The van der Waals surface area contributed by atoms with Crippen molar-refractivity contribution in [2.75, 3.05) is 31.5 Å². The second-order valence-corrected chi connectivity index (χ2v) is 7.72. The Balaban J connectivity index is 0.00000289. The van der Waals surface area contributed by atoms with E-state index in [0.717, 1.165) is 5.69 Å². The van der Waals surface area contributed by atoms with Crippen LogP contribution in [-0.4, -0.2) is 59.8 Å². The second-order valence-electron chi connectivity index (χ2n) is 6.85. The van der Waals surface area contributed by atoms with E-state index in [1.807, 2.05) is 4.90 Å². The molecule has 34 heavy (non-hydrogen) atoms. The standard InChI is InChI=1S/C20H24Cl2N10.2ClH/c21-13-1-5-15(6-2-13)27-18(25)29-20(32-11-9-31(10-12-32)17(23)24)30-19(26)28-16-7-3-14(22)4-8-16;;/h1-8H,9-12H2,(H3,23,24)(H5,25,26,27,28,29,30);2*1H. The van der Waals surface area contributed by atoms with Crippen molar-refractivity contribution >= 4 is 83.2 Å². The molecular weight excluding hydrogens is 522 g/mol. The number of piperazine rings is 1. The number of rotatable bonds is 2. The lowest BCUT2D eigenvalue weighted by atomic mass is 10.3. The number of hydrogen-bond donors (Lipinski definition) is 5. The molecule has 184 valence electrons. The van der Waals surface area contributed by atoms with Crippen molar-refractivity contribution < 1.29 is 0 Å². The quantitative estimate of drug-likeness (QED) is 0.287. The van der Waals surface area contributed by atoms with Gasteiger partial charge < -0.3 is 32.3 Å². The van der Waals surface area contributed by atoms with E-state index in [9.17, 15) is 0 Å². The van der Waals surface area contributed by atoms with E-state index in [0.29, 0.717) is 47.9 Å². The maximum absolute atomic E-state index is 7.61. The molecule has 0 spiro atoms. The maximum atomic E-state index is 7.61. The van der Waals surface area contributed by atoms with Gasteiger partial charge in [-0.3, -0.25) is 5.41 Å². The van der Waals surface area contributed by atoms with E-state index < -0.39 is 0 Å². The molecule has 3 rings (SSSR count). The third-order valence-electron chi connectivity index (χ3n) is 4.53. The second kappa shape index (κ2) is 13.7. The smallest absolute Gasteiger partial charge is 0.232 e. The van der Waals surface area contributed by atoms with Crippen LogP contribution in [0.3, 0.4) is 0 Å². The SMILES string of the molecule is Cl.Cl.N=C(N)N1CCN(C(/N=C(/N)Nc2ccc(Cl)cc2)=N/C(N)=Nc2ccc(Cl)cc2)CC1. The molecule has 0 aliphatic carbocycles. The fourth-order valence-electron chi connectivity index (χ4n) is 2.91. The zero-order valence-electron chi connectivity index (χ0n) is 18.0. The number of halogens is 4. The third kappa shape index (κ3) is 8.79. The van der Waals surface area contributed by atoms with Crippen LogP contribution in [0.1, 0.15) is 0 Å². The van der Waals surface area contributed by atoms with Crippen LogP contribution in [0, 0.1) is 5.41 Å². The molecule has 1 saturated heterocycles. The summed E-state index contributed by atoms with van der Waals surface area (Å²) in [7, 11) is 0. The lowest BCUT2D eigenvalue weighted by molar-refractivity contribution is 0.254. The van der Waals surface area contributed by atoms with Gasteiger partial charge in [-0.1, -0.05) is 23.2 Å². The number of anilines is 1. The largest absolute Gasteiger partial charge is 0.370 e. The van der Waals surface area contributed by atoms with Crippen LogP contribution in [-0.2, 0) is 0 Å². The van der Waals surface area contributed by atoms with Crippen molar-refractivity contribution in [3.05, 3.63) is 58.6 Å². The first-order valence-corrected chi connectivity index (χ1v) is 10.4. The van der Waals surface area contributed by atoms with Gasteiger partial charge in [-0.15, -0.1) is 24.8 Å². The Kier molecular flexibility index (Phi) is 11.7. The first-order chi connectivity index (χ1) is 15.3. The summed E-state index contributed by atoms with van der Waals surface area (Å²) in [6, 6.07) is 13.9. The van der Waals surface area contributed by atoms with Crippen LogP contribution in [0.4, 0.5) is 11.4 Å². The molecule has 1 aliphatic heterocycles. The number of guanidine groups is 4. The van der Waals surface area contributed by atoms with Gasteiger partial charge in [0.15, 0.2) is 5.96 Å². The van der Waals surface area contributed by atoms with E-state index in [2.05, 4.69) is 20.3 Å². The lowest BCUT2D eigenvalue weighted by Gasteiger charge is -2.35. The minimum Gasteiger partial charge on any atom is -0.370 e. The van der Waals surface area contributed by atoms with Crippen molar-refractivity contribution in [3.8, 4) is 0 Å². The zero-order valence-corrected chi connectivity index (χ0v) is 21.1. The molecule has 1 fully saturated rings. The van der Waals surface area contributed by atoms with E-state index in [-0.39, 0.29) is 42.7 Å². The molecular formula is C20H26Cl4N10. The van der Waals surface area contributed by atoms with Crippen LogP contribution >= 0.6 is 48.0 Å². The summed E-state index contributed by atoms with van der Waals surface area (Å²) in [5.41, 5.74) is 19.1. The van der Waals surface area contributed by atoms with Gasteiger partial charge in [-0.25, -0.2) is 4.99 Å². The van der Waals surface area contributed by atoms with Crippen molar-refractivity contribution in [2.45, 2.75) is 0 Å². The van der Waals surface area contributed by atoms with Gasteiger partial charge in [-0.05, 0) is 48.5 Å². The van der Waals surface area contributed by atoms with Gasteiger partial charge in [0, 0.05) is 41.9 Å². The third-order valence-corrected chi connectivity index (χ3v) is 5.03. The number of nitrogens with zero attached hydrogens (tertiary/aromatic N) is 5. The van der Waals surface area contributed by atoms with Crippen LogP contribution < -0.4 is 22.5 Å². The number of hydrogen-bond acceptors (Lipinski definition) is 2. The van der Waals surface area contributed by atoms with Crippen LogP contribution in [0.2, 0.25) is 10.0 Å². The van der Waals surface area contributed by atoms with Crippen molar-refractivity contribution in [1.82, 2.24) is 9.80 Å². The molecule has 0 aromatic heterocycles. The highest BCUT2D eigenvalue weighted by Gasteiger charge is 2.21. The van der Waals surface area contributed by atoms with E-state index in [4.69, 9.17) is 45.8 Å². The molecule has 2 aromatic carbocycles. The van der Waals surface area contributed by atoms with Gasteiger partial charge in [0.2, 0.25) is 17.9 Å². The molecule has 0 unspecified atom stereocenters. The summed E-state index contributed by atoms with van der Waals surface area (Å²) >= 11 is 11.8. The topological polar surface area (TPSA) is 158 Å². The summed E-state index contributed by atoms with van der Waals surface area (Å²) in [5.74, 6) is 0.459. The van der Waals surface area contributed by atoms with Crippen molar-refractivity contribution in [2.24, 2.45) is 32.2 Å². The normalized spacial score (nSPS) is 14.7. The summed E-state index contributed by atoms with van der Waals surface area (Å²) in [6.45, 7) is 2.15. The molecule has 1 aliphatic rings. The number of nitrogens with two attached hydrogens (primary N) is 3. The predicted molar refractivity (Wildman–Crippen MR) is 146 cm³/mol. The minimum atomic E-state index is 0. The van der Waals surface area contributed by atoms with Gasteiger partial charge in [0.05, 0.1) is 5.69 Å². The highest BCUT2D eigenvalue weighted by atomic mass is 35.5. The summed E-state index contributed by atoms with van der Waals surface area (Å²) in [6.07, 6.45) is 0. The average Bonchev–Trinajstić information content (AvgIpc) is 2.76. The summed E-state index contributed by atoms with van der Waals surface area (Å²) < 4.78 is 0. The predicted octanol–water partition coefficient (Wildman–Crippen LogP) is 3.08. The van der Waals surface area contributed by atoms with E-state index >= 15 is 0 Å². The summed E-state index contributed by atoms with van der Waals surface area (Å²) in [5, 5.41) is 11.8. The van der Waals surface area contributed by atoms with Crippen LogP contribution in [0.5, 0.6) is 0 Å². The minimum absolute atomic E-state index is 0. The van der Waals surface area contributed by atoms with E-state index in [1.165, 1.54) is 0 Å². The van der Waals surface area contributed by atoms with Gasteiger partial charge >= 0.3 is 0 Å².